The number of rotatable bonds is 4. The summed E-state index contributed by atoms with van der Waals surface area (Å²) in [7, 11) is 0. The summed E-state index contributed by atoms with van der Waals surface area (Å²) in [6.45, 7) is 2.68. The van der Waals surface area contributed by atoms with Crippen LogP contribution in [0.4, 0.5) is 0 Å². The maximum atomic E-state index is 12.3. The van der Waals surface area contributed by atoms with E-state index in [0.717, 1.165) is 24.2 Å². The molecule has 128 valence electrons. The quantitative estimate of drug-likeness (QED) is 0.767. The minimum Gasteiger partial charge on any atom is -0.391 e. The maximum Gasteiger partial charge on any atom is 0.312 e. The van der Waals surface area contributed by atoms with Gasteiger partial charge in [-0.15, -0.1) is 0 Å². The van der Waals surface area contributed by atoms with Crippen molar-refractivity contribution in [3.8, 4) is 0 Å². The highest BCUT2D eigenvalue weighted by molar-refractivity contribution is 6.35. The van der Waals surface area contributed by atoms with Crippen molar-refractivity contribution in [2.45, 2.75) is 64.0 Å². The zero-order valence-corrected chi connectivity index (χ0v) is 14.0. The van der Waals surface area contributed by atoms with E-state index in [1.807, 2.05) is 0 Å². The monoisotopic (exact) mass is 320 g/mol. The van der Waals surface area contributed by atoms with E-state index < -0.39 is 17.9 Å². The first-order chi connectivity index (χ1) is 11.0. The summed E-state index contributed by atoms with van der Waals surface area (Å²) in [5, 5.41) is 12.6. The molecule has 0 aromatic heterocycles. The van der Waals surface area contributed by atoms with Gasteiger partial charge in [0.25, 0.3) is 0 Å². The molecule has 4 saturated carbocycles. The number of nitrogens with zero attached hydrogens (tertiary/aromatic N) is 1. The highest BCUT2D eigenvalue weighted by Crippen LogP contribution is 2.61. The minimum atomic E-state index is -0.615. The molecule has 0 aromatic rings. The first kappa shape index (κ1) is 15.4. The van der Waals surface area contributed by atoms with E-state index in [9.17, 15) is 14.7 Å². The Morgan fingerprint density at radius 1 is 1.17 bits per heavy atom. The minimum absolute atomic E-state index is 0.283. The molecule has 1 aliphatic heterocycles. The van der Waals surface area contributed by atoms with Gasteiger partial charge >= 0.3 is 11.8 Å². The van der Waals surface area contributed by atoms with Crippen LogP contribution >= 0.6 is 0 Å². The third kappa shape index (κ3) is 2.67. The Morgan fingerprint density at radius 2 is 1.74 bits per heavy atom. The van der Waals surface area contributed by atoms with Crippen LogP contribution in [0.5, 0.6) is 0 Å². The number of carbonyl (C=O) groups excluding carboxylic acids is 2. The van der Waals surface area contributed by atoms with Gasteiger partial charge in [0.2, 0.25) is 0 Å². The molecule has 0 radical (unpaired) electrons. The lowest BCUT2D eigenvalue weighted by atomic mass is 9.49. The second-order valence-electron chi connectivity index (χ2n) is 8.68. The van der Waals surface area contributed by atoms with E-state index in [0.29, 0.717) is 18.5 Å². The fourth-order valence-electron chi connectivity index (χ4n) is 6.32. The van der Waals surface area contributed by atoms with Crippen molar-refractivity contribution in [3.63, 3.8) is 0 Å². The van der Waals surface area contributed by atoms with E-state index >= 15 is 0 Å². The summed E-state index contributed by atoms with van der Waals surface area (Å²) in [4.78, 5) is 25.6. The lowest BCUT2D eigenvalue weighted by Gasteiger charge is -2.57. The van der Waals surface area contributed by atoms with Crippen LogP contribution in [-0.4, -0.2) is 47.1 Å². The van der Waals surface area contributed by atoms with Gasteiger partial charge in [-0.1, -0.05) is 0 Å². The molecule has 1 heterocycles. The molecular formula is C18H28N2O3. The molecule has 2 N–H and O–H groups in total. The van der Waals surface area contributed by atoms with Crippen molar-refractivity contribution in [1.82, 2.24) is 10.2 Å². The first-order valence-corrected chi connectivity index (χ1v) is 9.23. The molecule has 4 bridgehead atoms. The van der Waals surface area contributed by atoms with Crippen molar-refractivity contribution in [1.29, 1.82) is 0 Å². The number of hydrogen-bond donors (Lipinski definition) is 2. The van der Waals surface area contributed by atoms with Crippen LogP contribution in [0.3, 0.4) is 0 Å². The van der Waals surface area contributed by atoms with Gasteiger partial charge < -0.3 is 15.3 Å². The molecule has 1 saturated heterocycles. The summed E-state index contributed by atoms with van der Waals surface area (Å²) in [5.41, 5.74) is 0.395. The summed E-state index contributed by atoms with van der Waals surface area (Å²) in [6, 6.07) is -0.283. The van der Waals surface area contributed by atoms with Crippen molar-refractivity contribution in [2.75, 3.05) is 13.1 Å². The molecule has 4 aliphatic carbocycles. The Balaban J connectivity index is 1.46. The van der Waals surface area contributed by atoms with Crippen molar-refractivity contribution in [3.05, 3.63) is 0 Å². The highest BCUT2D eigenvalue weighted by atomic mass is 16.3. The lowest BCUT2D eigenvalue weighted by Crippen LogP contribution is -2.62. The molecule has 23 heavy (non-hydrogen) atoms. The number of hydrogen-bond acceptors (Lipinski definition) is 3. The van der Waals surface area contributed by atoms with Crippen LogP contribution in [0.25, 0.3) is 0 Å². The van der Waals surface area contributed by atoms with Gasteiger partial charge in [0.15, 0.2) is 0 Å². The average molecular weight is 320 g/mol. The zero-order chi connectivity index (χ0) is 16.2. The number of aliphatic hydroxyl groups excluding tert-OH is 1. The number of piperazine rings is 1. The van der Waals surface area contributed by atoms with E-state index in [4.69, 9.17) is 0 Å². The molecular weight excluding hydrogens is 292 g/mol. The van der Waals surface area contributed by atoms with E-state index in [1.54, 1.807) is 11.8 Å². The van der Waals surface area contributed by atoms with Gasteiger partial charge in [-0.3, -0.25) is 9.59 Å². The van der Waals surface area contributed by atoms with E-state index in [1.165, 1.54) is 38.5 Å². The highest BCUT2D eigenvalue weighted by Gasteiger charge is 2.51. The molecule has 0 aromatic carbocycles. The Labute approximate surface area is 137 Å². The standard InChI is InChI=1S/C18H28N2O3/c1-11(21)15-10-19-16(22)17(23)20(15)3-2-18-7-12-4-13(8-18)6-14(5-12)9-18/h11-15,21H,2-10H2,1H3,(H,19,22)/t11?,12?,13?,14?,15-,18?/m0/s1. The number of nitrogens with one attached hydrogen (secondary N) is 1. The van der Waals surface area contributed by atoms with Crippen molar-refractivity contribution >= 4 is 11.8 Å². The van der Waals surface area contributed by atoms with Gasteiger partial charge in [0, 0.05) is 13.1 Å². The van der Waals surface area contributed by atoms with Crippen molar-refractivity contribution < 1.29 is 14.7 Å². The summed E-state index contributed by atoms with van der Waals surface area (Å²) in [6.07, 6.45) is 8.57. The van der Waals surface area contributed by atoms with Gasteiger partial charge in [0.05, 0.1) is 12.1 Å². The fraction of sp³-hybridized carbons (Fsp3) is 0.889. The summed E-state index contributed by atoms with van der Waals surface area (Å²) >= 11 is 0. The van der Waals surface area contributed by atoms with Crippen molar-refractivity contribution in [2.24, 2.45) is 23.2 Å². The van der Waals surface area contributed by atoms with Crippen LogP contribution in [0, 0.1) is 23.2 Å². The first-order valence-electron chi connectivity index (χ1n) is 9.23. The molecule has 5 rings (SSSR count). The van der Waals surface area contributed by atoms with Crippen LogP contribution in [0.1, 0.15) is 51.9 Å². The predicted octanol–water partition coefficient (Wildman–Crippen LogP) is 1.30. The molecule has 1 unspecified atom stereocenters. The third-order valence-corrected chi connectivity index (χ3v) is 6.93. The Hall–Kier alpha value is -1.10. The fourth-order valence-corrected chi connectivity index (χ4v) is 6.32. The normalized spacial score (nSPS) is 43.7. The van der Waals surface area contributed by atoms with E-state index in [2.05, 4.69) is 5.32 Å². The van der Waals surface area contributed by atoms with Gasteiger partial charge in [-0.2, -0.15) is 0 Å². The average Bonchev–Trinajstić information content (AvgIpc) is 2.47. The Bertz CT molecular complexity index is 481. The number of amides is 2. The topological polar surface area (TPSA) is 69.6 Å². The van der Waals surface area contributed by atoms with Gasteiger partial charge in [-0.25, -0.2) is 0 Å². The summed E-state index contributed by atoms with van der Waals surface area (Å²) in [5.74, 6) is 1.71. The Morgan fingerprint density at radius 3 is 2.26 bits per heavy atom. The Kier molecular flexibility index (Phi) is 3.67. The molecule has 5 nitrogen and oxygen atoms in total. The molecule has 5 fully saturated rings. The predicted molar refractivity (Wildman–Crippen MR) is 85.4 cm³/mol. The van der Waals surface area contributed by atoms with Crippen LogP contribution in [-0.2, 0) is 9.59 Å². The lowest BCUT2D eigenvalue weighted by molar-refractivity contribution is -0.153. The molecule has 2 amide bonds. The van der Waals surface area contributed by atoms with Gasteiger partial charge in [-0.05, 0) is 75.0 Å². The largest absolute Gasteiger partial charge is 0.391 e. The molecule has 5 heteroatoms. The second kappa shape index (κ2) is 5.47. The smallest absolute Gasteiger partial charge is 0.312 e. The maximum absolute atomic E-state index is 12.3. The second-order valence-corrected chi connectivity index (χ2v) is 8.68. The number of carbonyl (C=O) groups is 2. The van der Waals surface area contributed by atoms with Crippen LogP contribution in [0.2, 0.25) is 0 Å². The SMILES string of the molecule is CC(O)[C@@H]1CNC(=O)C(=O)N1CCC12CC3CC(CC(C3)C1)C2. The van der Waals surface area contributed by atoms with Crippen LogP contribution < -0.4 is 5.32 Å². The van der Waals surface area contributed by atoms with E-state index in [-0.39, 0.29) is 6.04 Å². The molecule has 0 spiro atoms. The molecule has 2 atom stereocenters. The zero-order valence-electron chi connectivity index (χ0n) is 14.0. The molecule has 5 aliphatic rings. The summed E-state index contributed by atoms with van der Waals surface area (Å²) < 4.78 is 0. The van der Waals surface area contributed by atoms with Crippen LogP contribution in [0.15, 0.2) is 0 Å². The third-order valence-electron chi connectivity index (χ3n) is 6.93. The number of aliphatic hydroxyl groups is 1. The van der Waals surface area contributed by atoms with Gasteiger partial charge in [0.1, 0.15) is 0 Å².